The third kappa shape index (κ3) is 2.40. The number of benzene rings is 4. The van der Waals surface area contributed by atoms with Crippen molar-refractivity contribution in [1.82, 2.24) is 0 Å². The van der Waals surface area contributed by atoms with Gasteiger partial charge in [-0.2, -0.15) is 0 Å². The van der Waals surface area contributed by atoms with E-state index in [-0.39, 0.29) is 0 Å². The van der Waals surface area contributed by atoms with Crippen molar-refractivity contribution in [3.63, 3.8) is 0 Å². The molecule has 126 valence electrons. The summed E-state index contributed by atoms with van der Waals surface area (Å²) >= 11 is 0. The van der Waals surface area contributed by atoms with Crippen LogP contribution in [0, 0.1) is 0 Å². The van der Waals surface area contributed by atoms with Crippen LogP contribution in [0.15, 0.2) is 78.9 Å². The van der Waals surface area contributed by atoms with Crippen LogP contribution in [0.3, 0.4) is 0 Å². The maximum absolute atomic E-state index is 5.32. The van der Waals surface area contributed by atoms with Crippen LogP contribution in [0.4, 0.5) is 0 Å². The summed E-state index contributed by atoms with van der Waals surface area (Å²) in [7, 11) is 1.71. The fraction of sp³-hybridized carbons (Fsp3) is 0.120. The average Bonchev–Trinajstić information content (AvgIpc) is 2.72. The summed E-state index contributed by atoms with van der Waals surface area (Å²) in [5.74, 6) is 0.897. The minimum atomic E-state index is 0.897. The van der Waals surface area contributed by atoms with Gasteiger partial charge < -0.3 is 4.74 Å². The molecule has 1 nitrogen and oxygen atoms in total. The van der Waals surface area contributed by atoms with E-state index in [0.29, 0.717) is 0 Å². The zero-order valence-corrected chi connectivity index (χ0v) is 14.8. The van der Waals surface area contributed by atoms with Crippen molar-refractivity contribution in [3.05, 3.63) is 95.6 Å². The number of ether oxygens (including phenoxy) is 1. The van der Waals surface area contributed by atoms with E-state index in [0.717, 1.165) is 18.6 Å². The highest BCUT2D eigenvalue weighted by molar-refractivity contribution is 6.06. The summed E-state index contributed by atoms with van der Waals surface area (Å²) in [6.07, 6.45) is 4.59. The van der Waals surface area contributed by atoms with Crippen LogP contribution < -0.4 is 4.74 Å². The summed E-state index contributed by atoms with van der Waals surface area (Å²) in [6.45, 7) is 0. The van der Waals surface area contributed by atoms with Gasteiger partial charge >= 0.3 is 0 Å². The molecule has 26 heavy (non-hydrogen) atoms. The van der Waals surface area contributed by atoms with Crippen LogP contribution in [0.25, 0.3) is 27.1 Å². The van der Waals surface area contributed by atoms with E-state index in [2.05, 4.69) is 66.7 Å². The maximum atomic E-state index is 5.32. The Kier molecular flexibility index (Phi) is 3.53. The van der Waals surface area contributed by atoms with E-state index in [1.807, 2.05) is 12.1 Å². The molecule has 0 radical (unpaired) electrons. The van der Waals surface area contributed by atoms with Gasteiger partial charge in [0, 0.05) is 0 Å². The summed E-state index contributed by atoms with van der Waals surface area (Å²) < 4.78 is 5.32. The molecule has 0 saturated heterocycles. The van der Waals surface area contributed by atoms with E-state index in [4.69, 9.17) is 4.74 Å². The Balaban J connectivity index is 1.77. The van der Waals surface area contributed by atoms with Gasteiger partial charge in [0.05, 0.1) is 7.11 Å². The minimum absolute atomic E-state index is 0.897. The van der Waals surface area contributed by atoms with Crippen molar-refractivity contribution in [2.75, 3.05) is 7.11 Å². The SMILES string of the molecule is COc1ccc(C2=CCCc3ccc4cc5ccccc5cc4c32)cc1. The first-order valence-electron chi connectivity index (χ1n) is 9.13. The second-order valence-electron chi connectivity index (χ2n) is 6.91. The molecule has 0 atom stereocenters. The normalized spacial score (nSPS) is 13.5. The molecule has 0 bridgehead atoms. The molecule has 0 amide bonds. The van der Waals surface area contributed by atoms with Gasteiger partial charge in [0.1, 0.15) is 5.75 Å². The number of fused-ring (bicyclic) bond motifs is 4. The highest BCUT2D eigenvalue weighted by Gasteiger charge is 2.17. The summed E-state index contributed by atoms with van der Waals surface area (Å²) in [5, 5.41) is 5.26. The molecule has 0 saturated carbocycles. The third-order valence-electron chi connectivity index (χ3n) is 5.40. The number of allylic oxidation sites excluding steroid dienone is 1. The molecule has 4 aromatic carbocycles. The van der Waals surface area contributed by atoms with Crippen molar-refractivity contribution in [2.24, 2.45) is 0 Å². The molecular weight excluding hydrogens is 316 g/mol. The Morgan fingerprint density at radius 1 is 0.769 bits per heavy atom. The molecule has 0 aromatic heterocycles. The zero-order valence-electron chi connectivity index (χ0n) is 14.8. The molecule has 1 aliphatic carbocycles. The first-order chi connectivity index (χ1) is 12.8. The van der Waals surface area contributed by atoms with Gasteiger partial charge in [-0.15, -0.1) is 0 Å². The van der Waals surface area contributed by atoms with E-state index >= 15 is 0 Å². The lowest BCUT2D eigenvalue weighted by Crippen LogP contribution is -2.02. The predicted octanol–water partition coefficient (Wildman–Crippen LogP) is 6.38. The van der Waals surface area contributed by atoms with Gasteiger partial charge in [0.15, 0.2) is 0 Å². The fourth-order valence-corrected chi connectivity index (χ4v) is 4.09. The number of methoxy groups -OCH3 is 1. The van der Waals surface area contributed by atoms with Crippen LogP contribution in [-0.2, 0) is 6.42 Å². The van der Waals surface area contributed by atoms with Gasteiger partial charge in [-0.05, 0) is 80.9 Å². The summed E-state index contributed by atoms with van der Waals surface area (Å²) in [4.78, 5) is 0. The maximum Gasteiger partial charge on any atom is 0.118 e. The molecule has 1 heteroatoms. The van der Waals surface area contributed by atoms with E-state index in [1.54, 1.807) is 7.11 Å². The van der Waals surface area contributed by atoms with Crippen LogP contribution in [0.2, 0.25) is 0 Å². The molecule has 0 spiro atoms. The van der Waals surface area contributed by atoms with E-state index < -0.39 is 0 Å². The molecule has 1 aliphatic rings. The summed E-state index contributed by atoms with van der Waals surface area (Å²) in [5.41, 5.74) is 5.44. The monoisotopic (exact) mass is 336 g/mol. The van der Waals surface area contributed by atoms with Crippen molar-refractivity contribution in [1.29, 1.82) is 0 Å². The standard InChI is InChI=1S/C25H20O/c1-26-22-13-11-17(12-14-22)23-8-4-7-18-9-10-21-15-19-5-2-3-6-20(19)16-24(21)25(18)23/h2-3,5-6,8-16H,4,7H2,1H3. The molecule has 0 N–H and O–H groups in total. The van der Waals surface area contributed by atoms with Gasteiger partial charge in [0.2, 0.25) is 0 Å². The molecule has 0 aliphatic heterocycles. The lowest BCUT2D eigenvalue weighted by molar-refractivity contribution is 0.415. The Morgan fingerprint density at radius 3 is 2.31 bits per heavy atom. The second-order valence-corrected chi connectivity index (χ2v) is 6.91. The van der Waals surface area contributed by atoms with Gasteiger partial charge in [-0.1, -0.05) is 54.6 Å². The first-order valence-corrected chi connectivity index (χ1v) is 9.13. The van der Waals surface area contributed by atoms with Gasteiger partial charge in [-0.25, -0.2) is 0 Å². The van der Waals surface area contributed by atoms with Crippen molar-refractivity contribution in [2.45, 2.75) is 12.8 Å². The zero-order chi connectivity index (χ0) is 17.5. The molecular formula is C25H20O. The Bertz CT molecular complexity index is 1150. The smallest absolute Gasteiger partial charge is 0.118 e. The highest BCUT2D eigenvalue weighted by atomic mass is 16.5. The third-order valence-corrected chi connectivity index (χ3v) is 5.40. The van der Waals surface area contributed by atoms with E-state index in [1.165, 1.54) is 43.8 Å². The fourth-order valence-electron chi connectivity index (χ4n) is 4.09. The van der Waals surface area contributed by atoms with Crippen LogP contribution >= 0.6 is 0 Å². The van der Waals surface area contributed by atoms with Crippen LogP contribution in [-0.4, -0.2) is 7.11 Å². The first kappa shape index (κ1) is 15.2. The quantitative estimate of drug-likeness (QED) is 0.386. The number of hydrogen-bond acceptors (Lipinski definition) is 1. The Labute approximate surface area is 153 Å². The molecule has 0 heterocycles. The number of aryl methyl sites for hydroxylation is 1. The molecule has 0 fully saturated rings. The van der Waals surface area contributed by atoms with Crippen molar-refractivity contribution >= 4 is 27.1 Å². The topological polar surface area (TPSA) is 9.23 Å². The predicted molar refractivity (Wildman–Crippen MR) is 110 cm³/mol. The minimum Gasteiger partial charge on any atom is -0.497 e. The van der Waals surface area contributed by atoms with Crippen molar-refractivity contribution in [3.8, 4) is 5.75 Å². The Morgan fingerprint density at radius 2 is 1.54 bits per heavy atom. The van der Waals surface area contributed by atoms with E-state index in [9.17, 15) is 0 Å². The molecule has 4 aromatic rings. The lowest BCUT2D eigenvalue weighted by Gasteiger charge is -2.21. The summed E-state index contributed by atoms with van der Waals surface area (Å²) in [6, 6.07) is 26.3. The molecule has 5 rings (SSSR count). The van der Waals surface area contributed by atoms with Crippen LogP contribution in [0.1, 0.15) is 23.1 Å². The number of rotatable bonds is 2. The Hall–Kier alpha value is -3.06. The lowest BCUT2D eigenvalue weighted by atomic mass is 9.83. The van der Waals surface area contributed by atoms with Crippen LogP contribution in [0.5, 0.6) is 5.75 Å². The second kappa shape index (κ2) is 6.03. The average molecular weight is 336 g/mol. The number of hydrogen-bond donors (Lipinski definition) is 0. The molecule has 0 unspecified atom stereocenters. The largest absolute Gasteiger partial charge is 0.497 e. The van der Waals surface area contributed by atoms with Gasteiger partial charge in [-0.3, -0.25) is 0 Å². The highest BCUT2D eigenvalue weighted by Crippen LogP contribution is 2.38. The van der Waals surface area contributed by atoms with Gasteiger partial charge in [0.25, 0.3) is 0 Å². The van der Waals surface area contributed by atoms with Crippen molar-refractivity contribution < 1.29 is 4.74 Å².